The number of esters is 1. The first-order valence-corrected chi connectivity index (χ1v) is 9.31. The third-order valence-electron chi connectivity index (χ3n) is 4.06. The number of nitro groups is 1. The molecule has 2 aromatic carbocycles. The van der Waals surface area contributed by atoms with E-state index in [0.29, 0.717) is 5.69 Å². The summed E-state index contributed by atoms with van der Waals surface area (Å²) in [6.45, 7) is 1.65. The minimum atomic E-state index is -0.850. The van der Waals surface area contributed by atoms with Gasteiger partial charge < -0.3 is 10.1 Å². The summed E-state index contributed by atoms with van der Waals surface area (Å²) in [5.41, 5.74) is -1.05. The number of ether oxygens (including phenoxy) is 1. The Balaban J connectivity index is 2.03. The van der Waals surface area contributed by atoms with Gasteiger partial charge in [0.1, 0.15) is 0 Å². The predicted molar refractivity (Wildman–Crippen MR) is 112 cm³/mol. The molecule has 11 heteroatoms. The average Bonchev–Trinajstić information content (AvgIpc) is 2.74. The maximum absolute atomic E-state index is 12.7. The smallest absolute Gasteiger partial charge is 0.360 e. The van der Waals surface area contributed by atoms with Crippen molar-refractivity contribution < 1.29 is 19.2 Å². The van der Waals surface area contributed by atoms with Crippen LogP contribution in [-0.2, 0) is 4.74 Å². The Morgan fingerprint density at radius 2 is 1.90 bits per heavy atom. The molecular formula is C20H15ClN4O6. The largest absolute Gasteiger partial charge is 0.461 e. The van der Waals surface area contributed by atoms with Crippen LogP contribution in [0.5, 0.6) is 0 Å². The van der Waals surface area contributed by atoms with Crippen LogP contribution in [0, 0.1) is 10.1 Å². The number of nitro benzene ring substituents is 1. The number of carbonyl (C=O) groups is 2. The molecule has 158 valence electrons. The molecule has 10 nitrogen and oxygen atoms in total. The lowest BCUT2D eigenvalue weighted by molar-refractivity contribution is -0.384. The topological polar surface area (TPSA) is 133 Å². The van der Waals surface area contributed by atoms with Gasteiger partial charge in [-0.15, -0.1) is 0 Å². The molecule has 1 N–H and O–H groups in total. The number of aromatic nitrogens is 2. The zero-order chi connectivity index (χ0) is 22.5. The Morgan fingerprint density at radius 3 is 2.52 bits per heavy atom. The highest BCUT2D eigenvalue weighted by Gasteiger charge is 2.22. The van der Waals surface area contributed by atoms with Crippen LogP contribution < -0.4 is 10.9 Å². The van der Waals surface area contributed by atoms with Crippen molar-refractivity contribution in [3.8, 4) is 5.69 Å². The van der Waals surface area contributed by atoms with Gasteiger partial charge in [-0.3, -0.25) is 19.7 Å². The van der Waals surface area contributed by atoms with E-state index in [2.05, 4.69) is 10.4 Å². The molecule has 1 heterocycles. The number of nitrogens with zero attached hydrogens (tertiary/aromatic N) is 3. The van der Waals surface area contributed by atoms with Gasteiger partial charge >= 0.3 is 5.97 Å². The number of non-ortho nitro benzene ring substituents is 1. The predicted octanol–water partition coefficient (Wildman–Crippen LogP) is 3.22. The second kappa shape index (κ2) is 9.18. The van der Waals surface area contributed by atoms with Crippen molar-refractivity contribution >= 4 is 34.9 Å². The lowest BCUT2D eigenvalue weighted by Crippen LogP contribution is -2.27. The van der Waals surface area contributed by atoms with Gasteiger partial charge in [0.2, 0.25) is 0 Å². The summed E-state index contributed by atoms with van der Waals surface area (Å²) in [6, 6.07) is 12.7. The summed E-state index contributed by atoms with van der Waals surface area (Å²) in [4.78, 5) is 47.8. The monoisotopic (exact) mass is 442 g/mol. The fraction of sp³-hybridized carbons (Fsp3) is 0.100. The quantitative estimate of drug-likeness (QED) is 0.352. The molecule has 3 rings (SSSR count). The Labute approximate surface area is 180 Å². The fourth-order valence-corrected chi connectivity index (χ4v) is 2.91. The number of amides is 1. The number of hydrogen-bond donors (Lipinski definition) is 1. The van der Waals surface area contributed by atoms with Crippen LogP contribution in [0.2, 0.25) is 5.02 Å². The highest BCUT2D eigenvalue weighted by molar-refractivity contribution is 6.34. The van der Waals surface area contributed by atoms with E-state index in [1.807, 2.05) is 0 Å². The molecule has 1 aromatic heterocycles. The van der Waals surface area contributed by atoms with Crippen molar-refractivity contribution in [1.29, 1.82) is 0 Å². The molecule has 0 aliphatic rings. The SMILES string of the molecule is CCOC(=O)c1nn(-c2ccccc2)c(=O)cc1NC(=O)c1ccc([N+](=O)[O-])cc1Cl. The normalized spacial score (nSPS) is 10.4. The van der Waals surface area contributed by atoms with Crippen molar-refractivity contribution in [3.63, 3.8) is 0 Å². The van der Waals surface area contributed by atoms with Crippen LogP contribution in [0.3, 0.4) is 0 Å². The van der Waals surface area contributed by atoms with Gasteiger partial charge in [0, 0.05) is 18.2 Å². The average molecular weight is 443 g/mol. The number of carbonyl (C=O) groups excluding carboxylic acids is 2. The Kier molecular flexibility index (Phi) is 6.41. The number of halogens is 1. The van der Waals surface area contributed by atoms with Gasteiger partial charge in [-0.05, 0) is 25.1 Å². The Hall–Kier alpha value is -4.05. The zero-order valence-electron chi connectivity index (χ0n) is 16.1. The first-order chi connectivity index (χ1) is 14.8. The van der Waals surface area contributed by atoms with Crippen molar-refractivity contribution in [3.05, 3.63) is 91.3 Å². The van der Waals surface area contributed by atoms with Gasteiger partial charge in [-0.2, -0.15) is 9.78 Å². The van der Waals surface area contributed by atoms with Crippen LogP contribution in [0.1, 0.15) is 27.8 Å². The lowest BCUT2D eigenvalue weighted by atomic mass is 10.2. The van der Waals surface area contributed by atoms with Crippen LogP contribution in [0.4, 0.5) is 11.4 Å². The molecule has 0 bridgehead atoms. The van der Waals surface area contributed by atoms with Gasteiger partial charge in [0.25, 0.3) is 17.2 Å². The number of anilines is 1. The zero-order valence-corrected chi connectivity index (χ0v) is 16.8. The van der Waals surface area contributed by atoms with E-state index in [-0.39, 0.29) is 34.3 Å². The maximum Gasteiger partial charge on any atom is 0.360 e. The number of para-hydroxylation sites is 1. The molecular weight excluding hydrogens is 428 g/mol. The highest BCUT2D eigenvalue weighted by atomic mass is 35.5. The Morgan fingerprint density at radius 1 is 1.19 bits per heavy atom. The summed E-state index contributed by atoms with van der Waals surface area (Å²) < 4.78 is 5.98. The fourth-order valence-electron chi connectivity index (χ4n) is 2.65. The number of benzene rings is 2. The Bertz CT molecular complexity index is 1230. The first kappa shape index (κ1) is 21.7. The molecule has 0 unspecified atom stereocenters. The molecule has 0 atom stereocenters. The molecule has 0 saturated carbocycles. The summed E-state index contributed by atoms with van der Waals surface area (Å²) in [5.74, 6) is -1.64. The number of rotatable bonds is 6. The number of hydrogen-bond acceptors (Lipinski definition) is 7. The van der Waals surface area contributed by atoms with E-state index in [9.17, 15) is 24.5 Å². The minimum absolute atomic E-state index is 0.0482. The van der Waals surface area contributed by atoms with Crippen molar-refractivity contribution in [2.45, 2.75) is 6.92 Å². The van der Waals surface area contributed by atoms with Crippen LogP contribution in [-0.4, -0.2) is 33.2 Å². The third kappa shape index (κ3) is 4.75. The van der Waals surface area contributed by atoms with Gasteiger partial charge in [-0.25, -0.2) is 4.79 Å². The van der Waals surface area contributed by atoms with E-state index < -0.39 is 22.4 Å². The van der Waals surface area contributed by atoms with Gasteiger partial charge in [0.05, 0.1) is 33.5 Å². The van der Waals surface area contributed by atoms with Gasteiger partial charge in [0.15, 0.2) is 5.69 Å². The summed E-state index contributed by atoms with van der Waals surface area (Å²) in [7, 11) is 0. The molecule has 3 aromatic rings. The van der Waals surface area contributed by atoms with E-state index in [4.69, 9.17) is 16.3 Å². The van der Waals surface area contributed by atoms with Crippen LogP contribution in [0.25, 0.3) is 5.69 Å². The molecule has 0 aliphatic carbocycles. The third-order valence-corrected chi connectivity index (χ3v) is 4.37. The molecule has 0 aliphatic heterocycles. The summed E-state index contributed by atoms with van der Waals surface area (Å²) in [5, 5.41) is 17.1. The summed E-state index contributed by atoms with van der Waals surface area (Å²) in [6.07, 6.45) is 0. The minimum Gasteiger partial charge on any atom is -0.461 e. The molecule has 0 saturated heterocycles. The van der Waals surface area contributed by atoms with E-state index in [1.54, 1.807) is 37.3 Å². The first-order valence-electron chi connectivity index (χ1n) is 8.94. The van der Waals surface area contributed by atoms with Crippen molar-refractivity contribution in [1.82, 2.24) is 9.78 Å². The molecule has 0 spiro atoms. The van der Waals surface area contributed by atoms with E-state index >= 15 is 0 Å². The summed E-state index contributed by atoms with van der Waals surface area (Å²) >= 11 is 5.98. The second-order valence-electron chi connectivity index (χ2n) is 6.09. The second-order valence-corrected chi connectivity index (χ2v) is 6.50. The standard InChI is InChI=1S/C20H15ClN4O6/c1-2-31-20(28)18-16(11-17(26)24(23-18)12-6-4-3-5-7-12)22-19(27)14-9-8-13(25(29)30)10-15(14)21/h3-11H,2H2,1H3,(H,22,27). The van der Waals surface area contributed by atoms with Gasteiger partial charge in [-0.1, -0.05) is 29.8 Å². The number of nitrogens with one attached hydrogen (secondary N) is 1. The molecule has 0 radical (unpaired) electrons. The van der Waals surface area contributed by atoms with Crippen LogP contribution >= 0.6 is 11.6 Å². The van der Waals surface area contributed by atoms with E-state index in [0.717, 1.165) is 22.9 Å². The maximum atomic E-state index is 12.7. The van der Waals surface area contributed by atoms with Crippen molar-refractivity contribution in [2.75, 3.05) is 11.9 Å². The lowest BCUT2D eigenvalue weighted by Gasteiger charge is -2.13. The van der Waals surface area contributed by atoms with Crippen molar-refractivity contribution in [2.24, 2.45) is 0 Å². The molecule has 0 fully saturated rings. The molecule has 31 heavy (non-hydrogen) atoms. The van der Waals surface area contributed by atoms with Crippen LogP contribution in [0.15, 0.2) is 59.4 Å². The van der Waals surface area contributed by atoms with E-state index in [1.165, 1.54) is 6.07 Å². The molecule has 1 amide bonds. The highest BCUT2D eigenvalue weighted by Crippen LogP contribution is 2.24.